The Kier molecular flexibility index (Phi) is 2.78. The summed E-state index contributed by atoms with van der Waals surface area (Å²) in [5.41, 5.74) is 5.63. The van der Waals surface area contributed by atoms with Crippen LogP contribution in [-0.4, -0.2) is 11.0 Å². The van der Waals surface area contributed by atoms with E-state index in [0.29, 0.717) is 6.04 Å². The van der Waals surface area contributed by atoms with E-state index < -0.39 is 0 Å². The largest absolute Gasteiger partial charge is 0.382 e. The highest BCUT2D eigenvalue weighted by Crippen LogP contribution is 2.34. The maximum absolute atomic E-state index is 4.53. The lowest BCUT2D eigenvalue weighted by atomic mass is 9.94. The molecule has 18 heavy (non-hydrogen) atoms. The van der Waals surface area contributed by atoms with Crippen molar-refractivity contribution >= 4 is 5.69 Å². The van der Waals surface area contributed by atoms with Crippen molar-refractivity contribution in [2.75, 3.05) is 5.32 Å². The van der Waals surface area contributed by atoms with E-state index >= 15 is 0 Å². The first-order chi connectivity index (χ1) is 8.74. The summed E-state index contributed by atoms with van der Waals surface area (Å²) in [6.07, 6.45) is 2.33. The SMILES string of the molecule is [CH2]c1cccc(-c2cccc3c2N[C@@H](C)CC3)n1. The number of para-hydroxylation sites is 1. The van der Waals surface area contributed by atoms with Crippen molar-refractivity contribution in [3.05, 3.63) is 54.6 Å². The second kappa shape index (κ2) is 4.45. The molecule has 2 heterocycles. The van der Waals surface area contributed by atoms with Gasteiger partial charge in [0, 0.05) is 23.0 Å². The van der Waals surface area contributed by atoms with Crippen molar-refractivity contribution in [2.24, 2.45) is 0 Å². The van der Waals surface area contributed by atoms with Crippen LogP contribution in [0.2, 0.25) is 0 Å². The zero-order chi connectivity index (χ0) is 12.5. The summed E-state index contributed by atoms with van der Waals surface area (Å²) in [6.45, 7) is 6.13. The highest BCUT2D eigenvalue weighted by atomic mass is 14.9. The van der Waals surface area contributed by atoms with Crippen LogP contribution in [0.4, 0.5) is 5.69 Å². The average molecular weight is 237 g/mol. The second-order valence-corrected chi connectivity index (χ2v) is 4.94. The van der Waals surface area contributed by atoms with Gasteiger partial charge in [0.2, 0.25) is 0 Å². The minimum Gasteiger partial charge on any atom is -0.382 e. The zero-order valence-electron chi connectivity index (χ0n) is 10.6. The average Bonchev–Trinajstić information content (AvgIpc) is 2.38. The van der Waals surface area contributed by atoms with Gasteiger partial charge in [-0.3, -0.25) is 4.98 Å². The number of hydrogen-bond donors (Lipinski definition) is 1. The summed E-state index contributed by atoms with van der Waals surface area (Å²) < 4.78 is 0. The van der Waals surface area contributed by atoms with Gasteiger partial charge in [-0.2, -0.15) is 0 Å². The van der Waals surface area contributed by atoms with Crippen LogP contribution in [0, 0.1) is 6.92 Å². The van der Waals surface area contributed by atoms with Crippen molar-refractivity contribution in [3.63, 3.8) is 0 Å². The van der Waals surface area contributed by atoms with Crippen LogP contribution in [0.3, 0.4) is 0 Å². The number of hydrogen-bond acceptors (Lipinski definition) is 2. The molecule has 0 spiro atoms. The third-order valence-electron chi connectivity index (χ3n) is 3.47. The molecule has 2 nitrogen and oxygen atoms in total. The minimum atomic E-state index is 0.529. The standard InChI is InChI=1S/C16H17N2/c1-11-5-3-8-15(17-11)14-7-4-6-13-10-9-12(2)18-16(13)14/h3-8,12,18H,1,9-10H2,2H3/t12-/m0/s1. The van der Waals surface area contributed by atoms with E-state index in [1.54, 1.807) is 0 Å². The van der Waals surface area contributed by atoms with Gasteiger partial charge in [-0.15, -0.1) is 0 Å². The first-order valence-electron chi connectivity index (χ1n) is 6.42. The van der Waals surface area contributed by atoms with Gasteiger partial charge < -0.3 is 5.32 Å². The Labute approximate surface area is 108 Å². The summed E-state index contributed by atoms with van der Waals surface area (Å²) in [6, 6.07) is 13.0. The number of aromatic nitrogens is 1. The zero-order valence-corrected chi connectivity index (χ0v) is 10.6. The Morgan fingerprint density at radius 2 is 2.06 bits per heavy atom. The lowest BCUT2D eigenvalue weighted by Gasteiger charge is -2.26. The monoisotopic (exact) mass is 237 g/mol. The van der Waals surface area contributed by atoms with Crippen molar-refractivity contribution in [1.29, 1.82) is 0 Å². The lowest BCUT2D eigenvalue weighted by molar-refractivity contribution is 0.681. The quantitative estimate of drug-likeness (QED) is 0.818. The van der Waals surface area contributed by atoms with Crippen LogP contribution >= 0.6 is 0 Å². The molecular formula is C16H17N2. The van der Waals surface area contributed by atoms with Gasteiger partial charge in [-0.05, 0) is 44.4 Å². The number of fused-ring (bicyclic) bond motifs is 1. The Hall–Kier alpha value is -1.83. The van der Waals surface area contributed by atoms with E-state index in [4.69, 9.17) is 0 Å². The van der Waals surface area contributed by atoms with Gasteiger partial charge in [0.1, 0.15) is 0 Å². The number of aryl methyl sites for hydroxylation is 1. The van der Waals surface area contributed by atoms with Gasteiger partial charge in [0.25, 0.3) is 0 Å². The maximum Gasteiger partial charge on any atom is 0.0726 e. The van der Waals surface area contributed by atoms with E-state index in [0.717, 1.165) is 17.8 Å². The van der Waals surface area contributed by atoms with Crippen molar-refractivity contribution in [2.45, 2.75) is 25.8 Å². The fourth-order valence-electron chi connectivity index (χ4n) is 2.51. The molecule has 1 aliphatic heterocycles. The van der Waals surface area contributed by atoms with Gasteiger partial charge in [-0.1, -0.05) is 24.3 Å². The van der Waals surface area contributed by atoms with Crippen LogP contribution in [0.25, 0.3) is 11.3 Å². The first-order valence-corrected chi connectivity index (χ1v) is 6.42. The van der Waals surface area contributed by atoms with Crippen molar-refractivity contribution in [1.82, 2.24) is 4.98 Å². The van der Waals surface area contributed by atoms with E-state index in [2.05, 4.69) is 42.3 Å². The molecule has 1 N–H and O–H groups in total. The third kappa shape index (κ3) is 1.99. The molecule has 1 atom stereocenters. The topological polar surface area (TPSA) is 24.9 Å². The highest BCUT2D eigenvalue weighted by Gasteiger charge is 2.17. The minimum absolute atomic E-state index is 0.529. The summed E-state index contributed by atoms with van der Waals surface area (Å²) in [7, 11) is 0. The van der Waals surface area contributed by atoms with Gasteiger partial charge >= 0.3 is 0 Å². The molecule has 3 rings (SSSR count). The molecule has 0 amide bonds. The number of nitrogens with one attached hydrogen (secondary N) is 1. The molecule has 2 heteroatoms. The van der Waals surface area contributed by atoms with Crippen LogP contribution < -0.4 is 5.32 Å². The van der Waals surface area contributed by atoms with E-state index in [9.17, 15) is 0 Å². The molecule has 0 saturated carbocycles. The molecule has 1 aliphatic rings. The fraction of sp³-hybridized carbons (Fsp3) is 0.250. The lowest BCUT2D eigenvalue weighted by Crippen LogP contribution is -2.22. The molecule has 0 saturated heterocycles. The number of benzene rings is 1. The number of anilines is 1. The van der Waals surface area contributed by atoms with E-state index in [1.807, 2.05) is 18.2 Å². The molecule has 1 radical (unpaired) electrons. The predicted molar refractivity (Wildman–Crippen MR) is 75.5 cm³/mol. The molecule has 1 aromatic heterocycles. The fourth-order valence-corrected chi connectivity index (χ4v) is 2.51. The number of rotatable bonds is 1. The summed E-state index contributed by atoms with van der Waals surface area (Å²) in [5, 5.41) is 3.59. The third-order valence-corrected chi connectivity index (χ3v) is 3.47. The highest BCUT2D eigenvalue weighted by molar-refractivity contribution is 5.79. The maximum atomic E-state index is 4.53. The molecular weight excluding hydrogens is 220 g/mol. The van der Waals surface area contributed by atoms with E-state index in [-0.39, 0.29) is 0 Å². The predicted octanol–water partition coefficient (Wildman–Crippen LogP) is 3.68. The molecule has 0 fully saturated rings. The van der Waals surface area contributed by atoms with Gasteiger partial charge in [0.15, 0.2) is 0 Å². The molecule has 0 bridgehead atoms. The van der Waals surface area contributed by atoms with Gasteiger partial charge in [-0.25, -0.2) is 0 Å². The Bertz CT molecular complexity index is 575. The molecule has 0 unspecified atom stereocenters. The van der Waals surface area contributed by atoms with Crippen LogP contribution in [0.1, 0.15) is 24.6 Å². The number of pyridine rings is 1. The van der Waals surface area contributed by atoms with Crippen molar-refractivity contribution < 1.29 is 0 Å². The Morgan fingerprint density at radius 1 is 1.22 bits per heavy atom. The summed E-state index contributed by atoms with van der Waals surface area (Å²) in [5.74, 6) is 0. The Morgan fingerprint density at radius 3 is 2.89 bits per heavy atom. The summed E-state index contributed by atoms with van der Waals surface area (Å²) in [4.78, 5) is 4.53. The van der Waals surface area contributed by atoms with Crippen LogP contribution in [0.15, 0.2) is 36.4 Å². The molecule has 2 aromatic rings. The molecule has 0 aliphatic carbocycles. The van der Waals surface area contributed by atoms with Gasteiger partial charge in [0.05, 0.1) is 5.69 Å². The van der Waals surface area contributed by atoms with Crippen LogP contribution in [0.5, 0.6) is 0 Å². The van der Waals surface area contributed by atoms with Crippen molar-refractivity contribution in [3.8, 4) is 11.3 Å². The smallest absolute Gasteiger partial charge is 0.0726 e. The first kappa shape index (κ1) is 11.3. The van der Waals surface area contributed by atoms with E-state index in [1.165, 1.54) is 23.2 Å². The Balaban J connectivity index is 2.13. The number of nitrogens with zero attached hydrogens (tertiary/aromatic N) is 1. The molecule has 1 aromatic carbocycles. The second-order valence-electron chi connectivity index (χ2n) is 4.94. The normalized spacial score (nSPS) is 18.0. The molecule has 91 valence electrons. The van der Waals surface area contributed by atoms with Crippen LogP contribution in [-0.2, 0) is 6.42 Å². The summed E-state index contributed by atoms with van der Waals surface area (Å²) >= 11 is 0.